The highest BCUT2D eigenvalue weighted by Gasteiger charge is 2.34. The lowest BCUT2D eigenvalue weighted by Crippen LogP contribution is -2.45. The van der Waals surface area contributed by atoms with Crippen LogP contribution in [0.3, 0.4) is 0 Å². The van der Waals surface area contributed by atoms with Crippen LogP contribution in [0.25, 0.3) is 22.0 Å². The minimum Gasteiger partial charge on any atom is -0.372 e. The molecule has 0 bridgehead atoms. The van der Waals surface area contributed by atoms with Crippen molar-refractivity contribution >= 4 is 32.5 Å². The maximum absolute atomic E-state index is 12.1. The van der Waals surface area contributed by atoms with Crippen molar-refractivity contribution in [2.45, 2.75) is 58.0 Å². The van der Waals surface area contributed by atoms with Crippen molar-refractivity contribution in [2.75, 3.05) is 31.1 Å². The number of aromatic nitrogens is 2. The molecule has 12 heteroatoms. The van der Waals surface area contributed by atoms with Crippen LogP contribution in [0, 0.1) is 5.92 Å². The Morgan fingerprint density at radius 2 is 1.83 bits per heavy atom. The number of hydrogen-bond acceptors (Lipinski definition) is 7. The number of nitrogens with two attached hydrogens (primary N) is 1. The quantitative estimate of drug-likeness (QED) is 0.450. The Morgan fingerprint density at radius 1 is 1.10 bits per heavy atom. The Balaban J connectivity index is 0.000000293. The highest BCUT2D eigenvalue weighted by atomic mass is 32.2. The summed E-state index contributed by atoms with van der Waals surface area (Å²) in [7, 11) is -4.33. The van der Waals surface area contributed by atoms with Crippen molar-refractivity contribution in [2.24, 2.45) is 11.7 Å². The zero-order valence-electron chi connectivity index (χ0n) is 23.5. The standard InChI is InChI=1S/C22H24N4O2.C7H13F2NO2S.H2/c1-14-12-26(13-15(2)28-14)22-5-3-4-20(25-22)16-6-7-17-11-24-19(10-21(23)27)9-18(17)8-16;1-6-3-2-4-10(5-6)13(11,12)7(8)9;/h3-9,11,14-15H,10,12-13H2,1-2H3,(H2,23,27);6-7H,2-5H2,1H3;1H/t14-,15+;6-;/m.0./s1. The molecular formula is C29H39F2N5O4S. The average Bonchev–Trinajstić information content (AvgIpc) is 2.92. The van der Waals surface area contributed by atoms with Crippen molar-refractivity contribution in [1.29, 1.82) is 0 Å². The van der Waals surface area contributed by atoms with Crippen molar-refractivity contribution in [3.05, 3.63) is 54.4 Å². The van der Waals surface area contributed by atoms with E-state index in [-0.39, 0.29) is 45.0 Å². The van der Waals surface area contributed by atoms with Crippen LogP contribution in [0.4, 0.5) is 14.6 Å². The summed E-state index contributed by atoms with van der Waals surface area (Å²) in [5.74, 6) is -2.52. The molecule has 5 rings (SSSR count). The van der Waals surface area contributed by atoms with Crippen LogP contribution >= 0.6 is 0 Å². The summed E-state index contributed by atoms with van der Waals surface area (Å²) in [6, 6.07) is 14.2. The molecular weight excluding hydrogens is 552 g/mol. The van der Waals surface area contributed by atoms with Crippen LogP contribution in [0.2, 0.25) is 0 Å². The van der Waals surface area contributed by atoms with Gasteiger partial charge < -0.3 is 15.4 Å². The monoisotopic (exact) mass is 591 g/mol. The first kappa shape index (κ1) is 30.7. The van der Waals surface area contributed by atoms with Crippen LogP contribution in [0.1, 0.15) is 40.7 Å². The Hall–Kier alpha value is -3.22. The predicted molar refractivity (Wildman–Crippen MR) is 157 cm³/mol. The number of rotatable bonds is 6. The van der Waals surface area contributed by atoms with Gasteiger partial charge in [0.25, 0.3) is 10.0 Å². The summed E-state index contributed by atoms with van der Waals surface area (Å²) >= 11 is 0. The van der Waals surface area contributed by atoms with Gasteiger partial charge in [-0.3, -0.25) is 9.78 Å². The van der Waals surface area contributed by atoms with Gasteiger partial charge in [-0.1, -0.05) is 25.1 Å². The minimum absolute atomic E-state index is 0. The number of benzene rings is 1. The molecule has 0 saturated carbocycles. The molecule has 2 aliphatic heterocycles. The number of sulfonamides is 1. The second-order valence-corrected chi connectivity index (χ2v) is 12.7. The van der Waals surface area contributed by atoms with Gasteiger partial charge >= 0.3 is 5.76 Å². The van der Waals surface area contributed by atoms with Gasteiger partial charge in [0.1, 0.15) is 5.82 Å². The number of hydrogen-bond donors (Lipinski definition) is 1. The van der Waals surface area contributed by atoms with Gasteiger partial charge in [-0.15, -0.1) is 0 Å². The van der Waals surface area contributed by atoms with Crippen LogP contribution < -0.4 is 10.6 Å². The molecule has 3 aromatic rings. The summed E-state index contributed by atoms with van der Waals surface area (Å²) in [5.41, 5.74) is 7.91. The first-order valence-corrected chi connectivity index (χ1v) is 15.2. The number of nitrogens with zero attached hydrogens (tertiary/aromatic N) is 4. The molecule has 2 saturated heterocycles. The molecule has 41 heavy (non-hydrogen) atoms. The fourth-order valence-corrected chi connectivity index (χ4v) is 6.31. The molecule has 0 unspecified atom stereocenters. The number of fused-ring (bicyclic) bond motifs is 1. The third-order valence-electron chi connectivity index (χ3n) is 7.11. The number of carbonyl (C=O) groups excluding carboxylic acids is 1. The van der Waals surface area contributed by atoms with Crippen molar-refractivity contribution in [3.63, 3.8) is 0 Å². The van der Waals surface area contributed by atoms with E-state index < -0.39 is 15.8 Å². The maximum atomic E-state index is 12.1. The summed E-state index contributed by atoms with van der Waals surface area (Å²) in [4.78, 5) is 22.7. The van der Waals surface area contributed by atoms with Crippen molar-refractivity contribution < 1.29 is 28.2 Å². The lowest BCUT2D eigenvalue weighted by atomic mass is 10.0. The Labute approximate surface area is 241 Å². The van der Waals surface area contributed by atoms with Gasteiger partial charge in [0.15, 0.2) is 0 Å². The average molecular weight is 592 g/mol. The molecule has 224 valence electrons. The SMILES string of the molecule is C[C@@H]1CN(c2cccc(-c3ccc4cnc(CC(N)=O)cc4c3)n2)C[C@H](C)O1.C[C@H]1CCCN(S(=O)(=O)C(F)F)C1.[HH]. The zero-order chi connectivity index (χ0) is 29.7. The van der Waals surface area contributed by atoms with Crippen LogP contribution in [0.5, 0.6) is 0 Å². The summed E-state index contributed by atoms with van der Waals surface area (Å²) in [6.45, 7) is 8.18. The molecule has 2 N–H and O–H groups in total. The first-order chi connectivity index (χ1) is 19.4. The number of ether oxygens (including phenoxy) is 1. The van der Waals surface area contributed by atoms with Gasteiger partial charge in [-0.2, -0.15) is 13.1 Å². The van der Waals surface area contributed by atoms with E-state index in [1.165, 1.54) is 0 Å². The summed E-state index contributed by atoms with van der Waals surface area (Å²) in [5, 5.41) is 2.04. The number of carbonyl (C=O) groups is 1. The van der Waals surface area contributed by atoms with Crippen LogP contribution in [-0.4, -0.2) is 72.7 Å². The highest BCUT2D eigenvalue weighted by Crippen LogP contribution is 2.27. The molecule has 3 atom stereocenters. The Morgan fingerprint density at radius 3 is 2.49 bits per heavy atom. The molecule has 9 nitrogen and oxygen atoms in total. The van der Waals surface area contributed by atoms with Gasteiger partial charge in [0.05, 0.1) is 30.0 Å². The first-order valence-electron chi connectivity index (χ1n) is 13.7. The number of anilines is 1. The number of alkyl halides is 2. The molecule has 4 heterocycles. The second-order valence-electron chi connectivity index (χ2n) is 10.8. The van der Waals surface area contributed by atoms with E-state index in [0.717, 1.165) is 51.7 Å². The number of pyridine rings is 2. The van der Waals surface area contributed by atoms with Gasteiger partial charge in [0, 0.05) is 44.8 Å². The van der Waals surface area contributed by atoms with E-state index in [1.54, 1.807) is 6.20 Å². The van der Waals surface area contributed by atoms with E-state index in [0.29, 0.717) is 12.1 Å². The number of morpholine rings is 1. The smallest absolute Gasteiger partial charge is 0.350 e. The summed E-state index contributed by atoms with van der Waals surface area (Å²) < 4.78 is 52.9. The largest absolute Gasteiger partial charge is 0.372 e. The van der Waals surface area contributed by atoms with E-state index in [9.17, 15) is 22.0 Å². The maximum Gasteiger partial charge on any atom is 0.350 e. The zero-order valence-corrected chi connectivity index (χ0v) is 24.4. The lowest BCUT2D eigenvalue weighted by molar-refractivity contribution is -0.117. The fourth-order valence-electron chi connectivity index (χ4n) is 5.24. The van der Waals surface area contributed by atoms with Gasteiger partial charge in [0.2, 0.25) is 5.91 Å². The number of primary amides is 1. The molecule has 2 fully saturated rings. The van der Waals surface area contributed by atoms with E-state index in [1.807, 2.05) is 37.3 Å². The van der Waals surface area contributed by atoms with Crippen LogP contribution in [0.15, 0.2) is 48.7 Å². The molecule has 2 aliphatic rings. The number of halogens is 2. The number of amides is 1. The molecule has 0 radical (unpaired) electrons. The van der Waals surface area contributed by atoms with Crippen LogP contribution in [-0.2, 0) is 26.0 Å². The topological polar surface area (TPSA) is 119 Å². The summed E-state index contributed by atoms with van der Waals surface area (Å²) in [6.07, 6.45) is 3.87. The lowest BCUT2D eigenvalue weighted by Gasteiger charge is -2.36. The second kappa shape index (κ2) is 13.2. The van der Waals surface area contributed by atoms with E-state index in [2.05, 4.69) is 35.9 Å². The molecule has 1 amide bonds. The third kappa shape index (κ3) is 7.96. The van der Waals surface area contributed by atoms with Gasteiger partial charge in [-0.25, -0.2) is 13.4 Å². The molecule has 0 spiro atoms. The number of piperidine rings is 1. The predicted octanol–water partition coefficient (Wildman–Crippen LogP) is 4.45. The molecule has 2 aromatic heterocycles. The molecule has 0 aliphatic carbocycles. The van der Waals surface area contributed by atoms with E-state index >= 15 is 0 Å². The highest BCUT2D eigenvalue weighted by molar-refractivity contribution is 7.89. The minimum atomic E-state index is -4.33. The normalized spacial score (nSPS) is 21.9. The van der Waals surface area contributed by atoms with Crippen molar-refractivity contribution in [1.82, 2.24) is 14.3 Å². The molecule has 1 aromatic carbocycles. The van der Waals surface area contributed by atoms with Crippen molar-refractivity contribution in [3.8, 4) is 11.3 Å². The van der Waals surface area contributed by atoms with Gasteiger partial charge in [-0.05, 0) is 62.3 Å². The third-order valence-corrected chi connectivity index (χ3v) is 8.61. The Bertz CT molecular complexity index is 1470. The Kier molecular flexibility index (Phi) is 9.88. The fraction of sp³-hybridized carbons (Fsp3) is 0.483. The van der Waals surface area contributed by atoms with E-state index in [4.69, 9.17) is 15.5 Å².